The molecular formula is C24H37N3O3. The summed E-state index contributed by atoms with van der Waals surface area (Å²) in [6.07, 6.45) is 7.51. The van der Waals surface area contributed by atoms with Gasteiger partial charge in [-0.3, -0.25) is 9.59 Å². The minimum absolute atomic E-state index is 0.0148. The van der Waals surface area contributed by atoms with Crippen molar-refractivity contribution in [2.24, 2.45) is 5.92 Å². The van der Waals surface area contributed by atoms with Gasteiger partial charge in [-0.25, -0.2) is 0 Å². The Bertz CT molecular complexity index is 668. The maximum atomic E-state index is 12.4. The van der Waals surface area contributed by atoms with E-state index in [1.807, 2.05) is 18.2 Å². The number of ether oxygens (including phenoxy) is 1. The minimum atomic E-state index is -0.172. The van der Waals surface area contributed by atoms with Crippen LogP contribution in [0.3, 0.4) is 0 Å². The lowest BCUT2D eigenvalue weighted by molar-refractivity contribution is -0.126. The van der Waals surface area contributed by atoms with Crippen molar-refractivity contribution >= 4 is 11.8 Å². The molecule has 2 amide bonds. The molecule has 6 heteroatoms. The smallest absolute Gasteiger partial charge is 0.223 e. The fraction of sp³-hybridized carbons (Fsp3) is 0.667. The summed E-state index contributed by atoms with van der Waals surface area (Å²) in [5.41, 5.74) is 1.06. The van der Waals surface area contributed by atoms with Crippen LogP contribution in [0.5, 0.6) is 0 Å². The molecule has 6 nitrogen and oxygen atoms in total. The summed E-state index contributed by atoms with van der Waals surface area (Å²) < 4.78 is 5.57. The predicted octanol–water partition coefficient (Wildman–Crippen LogP) is 3.09. The van der Waals surface area contributed by atoms with Gasteiger partial charge in [0.25, 0.3) is 0 Å². The normalized spacial score (nSPS) is 20.3. The molecule has 0 bridgehead atoms. The second-order valence-electron chi connectivity index (χ2n) is 8.82. The van der Waals surface area contributed by atoms with Crippen LogP contribution in [0.25, 0.3) is 0 Å². The summed E-state index contributed by atoms with van der Waals surface area (Å²) >= 11 is 0. The van der Waals surface area contributed by atoms with Crippen molar-refractivity contribution in [3.63, 3.8) is 0 Å². The van der Waals surface area contributed by atoms with Crippen molar-refractivity contribution in [1.29, 1.82) is 0 Å². The number of carbonyl (C=O) groups excluding carboxylic acids is 2. The monoisotopic (exact) mass is 415 g/mol. The van der Waals surface area contributed by atoms with E-state index in [2.05, 4.69) is 35.0 Å². The Labute approximate surface area is 180 Å². The Balaban J connectivity index is 1.44. The first-order valence-corrected chi connectivity index (χ1v) is 11.5. The molecule has 1 unspecified atom stereocenters. The molecule has 0 spiro atoms. The maximum Gasteiger partial charge on any atom is 0.223 e. The van der Waals surface area contributed by atoms with Crippen LogP contribution in [-0.4, -0.2) is 43.7 Å². The standard InChI is InChI=1S/C24H37N3O3/c1-19(20-8-4-2-5-9-20)27-24(13-16-30-17-14-24)18-26-22(28)12-15-25-23(29)21-10-6-3-7-11-21/h2,4-5,8-9,19,21,27H,3,6-7,10-18H2,1H3,(H,25,29)(H,26,28). The highest BCUT2D eigenvalue weighted by molar-refractivity contribution is 5.80. The van der Waals surface area contributed by atoms with E-state index in [0.29, 0.717) is 32.7 Å². The second-order valence-corrected chi connectivity index (χ2v) is 8.82. The van der Waals surface area contributed by atoms with Crippen LogP contribution in [0.4, 0.5) is 0 Å². The van der Waals surface area contributed by atoms with Crippen LogP contribution in [0.15, 0.2) is 30.3 Å². The Hall–Kier alpha value is -1.92. The predicted molar refractivity (Wildman–Crippen MR) is 118 cm³/mol. The first-order valence-electron chi connectivity index (χ1n) is 11.5. The summed E-state index contributed by atoms with van der Waals surface area (Å²) in [6, 6.07) is 10.6. The van der Waals surface area contributed by atoms with E-state index in [1.54, 1.807) is 0 Å². The third-order valence-corrected chi connectivity index (χ3v) is 6.52. The van der Waals surface area contributed by atoms with Crippen LogP contribution >= 0.6 is 0 Å². The van der Waals surface area contributed by atoms with E-state index < -0.39 is 0 Å². The molecule has 1 aromatic carbocycles. The van der Waals surface area contributed by atoms with Crippen molar-refractivity contribution in [3.05, 3.63) is 35.9 Å². The van der Waals surface area contributed by atoms with E-state index in [1.165, 1.54) is 12.0 Å². The average molecular weight is 416 g/mol. The van der Waals surface area contributed by atoms with E-state index in [4.69, 9.17) is 4.74 Å². The Kier molecular flexibility index (Phi) is 8.70. The quantitative estimate of drug-likeness (QED) is 0.579. The molecular weight excluding hydrogens is 378 g/mol. The molecule has 2 aliphatic rings. The molecule has 1 saturated heterocycles. The Morgan fingerprint density at radius 2 is 1.77 bits per heavy atom. The van der Waals surface area contributed by atoms with Gasteiger partial charge in [0.05, 0.1) is 0 Å². The van der Waals surface area contributed by atoms with E-state index in [9.17, 15) is 9.59 Å². The lowest BCUT2D eigenvalue weighted by Crippen LogP contribution is -2.57. The summed E-state index contributed by atoms with van der Waals surface area (Å²) in [5.74, 6) is 0.233. The summed E-state index contributed by atoms with van der Waals surface area (Å²) in [5, 5.41) is 9.80. The molecule has 1 aromatic rings. The molecule has 1 atom stereocenters. The summed E-state index contributed by atoms with van der Waals surface area (Å²) in [6.45, 7) is 4.53. The SMILES string of the molecule is CC(NC1(CNC(=O)CCNC(=O)C2CCCCC2)CCOCC1)c1ccccc1. The fourth-order valence-corrected chi connectivity index (χ4v) is 4.58. The molecule has 1 heterocycles. The number of benzene rings is 1. The number of rotatable bonds is 9. The molecule has 166 valence electrons. The van der Waals surface area contributed by atoms with Crippen LogP contribution in [0.2, 0.25) is 0 Å². The van der Waals surface area contributed by atoms with Crippen LogP contribution in [-0.2, 0) is 14.3 Å². The number of nitrogens with one attached hydrogen (secondary N) is 3. The van der Waals surface area contributed by atoms with Gasteiger partial charge in [-0.1, -0.05) is 49.6 Å². The second kappa shape index (κ2) is 11.5. The van der Waals surface area contributed by atoms with Crippen molar-refractivity contribution in [1.82, 2.24) is 16.0 Å². The summed E-state index contributed by atoms with van der Waals surface area (Å²) in [7, 11) is 0. The van der Waals surface area contributed by atoms with Gasteiger partial charge in [-0.15, -0.1) is 0 Å². The molecule has 1 saturated carbocycles. The van der Waals surface area contributed by atoms with Gasteiger partial charge >= 0.3 is 0 Å². The zero-order valence-corrected chi connectivity index (χ0v) is 18.3. The van der Waals surface area contributed by atoms with Gasteiger partial charge < -0.3 is 20.7 Å². The summed E-state index contributed by atoms with van der Waals surface area (Å²) in [4.78, 5) is 24.6. The number of amides is 2. The van der Waals surface area contributed by atoms with Crippen molar-refractivity contribution in [3.8, 4) is 0 Å². The Morgan fingerprint density at radius 3 is 2.47 bits per heavy atom. The van der Waals surface area contributed by atoms with Gasteiger partial charge in [0.2, 0.25) is 11.8 Å². The molecule has 0 aromatic heterocycles. The topological polar surface area (TPSA) is 79.5 Å². The van der Waals surface area contributed by atoms with Crippen LogP contribution in [0.1, 0.15) is 69.9 Å². The lowest BCUT2D eigenvalue weighted by atomic mass is 9.88. The fourth-order valence-electron chi connectivity index (χ4n) is 4.58. The minimum Gasteiger partial charge on any atom is -0.381 e. The highest BCUT2D eigenvalue weighted by Gasteiger charge is 2.34. The average Bonchev–Trinajstić information content (AvgIpc) is 2.79. The number of hydrogen-bond acceptors (Lipinski definition) is 4. The highest BCUT2D eigenvalue weighted by atomic mass is 16.5. The first-order chi connectivity index (χ1) is 14.6. The molecule has 30 heavy (non-hydrogen) atoms. The van der Waals surface area contributed by atoms with Crippen LogP contribution in [0, 0.1) is 5.92 Å². The van der Waals surface area contributed by atoms with E-state index >= 15 is 0 Å². The van der Waals surface area contributed by atoms with E-state index in [0.717, 1.165) is 38.5 Å². The molecule has 1 aliphatic carbocycles. The molecule has 3 rings (SSSR count). The van der Waals surface area contributed by atoms with Gasteiger partial charge in [-0.2, -0.15) is 0 Å². The number of hydrogen-bond donors (Lipinski definition) is 3. The van der Waals surface area contributed by atoms with Gasteiger partial charge in [0.15, 0.2) is 0 Å². The molecule has 2 fully saturated rings. The molecule has 0 radical (unpaired) electrons. The molecule has 1 aliphatic heterocycles. The van der Waals surface area contributed by atoms with Gasteiger partial charge in [0.1, 0.15) is 0 Å². The van der Waals surface area contributed by atoms with E-state index in [-0.39, 0.29) is 29.3 Å². The number of carbonyl (C=O) groups is 2. The van der Waals surface area contributed by atoms with Gasteiger partial charge in [0, 0.05) is 50.2 Å². The van der Waals surface area contributed by atoms with Crippen molar-refractivity contribution in [2.45, 2.75) is 69.9 Å². The molecule has 3 N–H and O–H groups in total. The largest absolute Gasteiger partial charge is 0.381 e. The maximum absolute atomic E-state index is 12.4. The van der Waals surface area contributed by atoms with Crippen LogP contribution < -0.4 is 16.0 Å². The highest BCUT2D eigenvalue weighted by Crippen LogP contribution is 2.25. The third kappa shape index (κ3) is 6.81. The van der Waals surface area contributed by atoms with Gasteiger partial charge in [-0.05, 0) is 38.2 Å². The van der Waals surface area contributed by atoms with Crippen molar-refractivity contribution in [2.75, 3.05) is 26.3 Å². The lowest BCUT2D eigenvalue weighted by Gasteiger charge is -2.40. The Morgan fingerprint density at radius 1 is 1.07 bits per heavy atom. The zero-order valence-electron chi connectivity index (χ0n) is 18.3. The van der Waals surface area contributed by atoms with Crippen molar-refractivity contribution < 1.29 is 14.3 Å². The third-order valence-electron chi connectivity index (χ3n) is 6.52. The zero-order chi connectivity index (χ0) is 21.2. The first kappa shape index (κ1) is 22.8.